The van der Waals surface area contributed by atoms with E-state index in [0.717, 1.165) is 45.1 Å². The van der Waals surface area contributed by atoms with Crippen molar-refractivity contribution in [2.24, 2.45) is 0 Å². The van der Waals surface area contributed by atoms with E-state index in [2.05, 4.69) is 9.62 Å². The van der Waals surface area contributed by atoms with Gasteiger partial charge in [-0.15, -0.1) is 0 Å². The highest BCUT2D eigenvalue weighted by Gasteiger charge is 2.08. The standard InChI is InChI=1S/C13H21N3OS/c14-12-2-4-13(5-3-12)18-15-6-1-7-16-8-10-17-11-9-16/h2-5,15H,1,6-11,14H2. The number of nitrogens with zero attached hydrogens (tertiary/aromatic N) is 1. The number of morpholine rings is 1. The molecule has 0 spiro atoms. The maximum absolute atomic E-state index is 5.64. The van der Waals surface area contributed by atoms with Crippen LogP contribution in [0.3, 0.4) is 0 Å². The fourth-order valence-corrected chi connectivity index (χ4v) is 2.56. The number of nitrogens with one attached hydrogen (secondary N) is 1. The summed E-state index contributed by atoms with van der Waals surface area (Å²) in [6.45, 7) is 6.09. The molecule has 3 N–H and O–H groups in total. The zero-order valence-electron chi connectivity index (χ0n) is 10.6. The van der Waals surface area contributed by atoms with E-state index in [-0.39, 0.29) is 0 Å². The van der Waals surface area contributed by atoms with Crippen molar-refractivity contribution in [1.29, 1.82) is 0 Å². The van der Waals surface area contributed by atoms with Crippen molar-refractivity contribution in [1.82, 2.24) is 9.62 Å². The molecule has 1 aliphatic heterocycles. The molecule has 0 saturated carbocycles. The van der Waals surface area contributed by atoms with Crippen LogP contribution in [0.25, 0.3) is 0 Å². The first-order valence-electron chi connectivity index (χ1n) is 6.40. The minimum absolute atomic E-state index is 0.812. The van der Waals surface area contributed by atoms with Gasteiger partial charge in [0.1, 0.15) is 0 Å². The Labute approximate surface area is 113 Å². The number of rotatable bonds is 6. The van der Waals surface area contributed by atoms with Gasteiger partial charge in [-0.05, 0) is 49.2 Å². The monoisotopic (exact) mass is 267 g/mol. The third-order valence-electron chi connectivity index (χ3n) is 2.93. The van der Waals surface area contributed by atoms with E-state index < -0.39 is 0 Å². The highest BCUT2D eigenvalue weighted by molar-refractivity contribution is 7.97. The summed E-state index contributed by atoms with van der Waals surface area (Å²) in [5.74, 6) is 0. The summed E-state index contributed by atoms with van der Waals surface area (Å²) in [4.78, 5) is 3.66. The first kappa shape index (κ1) is 13.7. The second kappa shape index (κ2) is 7.63. The SMILES string of the molecule is Nc1ccc(SNCCCN2CCOCC2)cc1. The van der Waals surface area contributed by atoms with Crippen LogP contribution >= 0.6 is 11.9 Å². The predicted molar refractivity (Wildman–Crippen MR) is 76.6 cm³/mol. The Kier molecular flexibility index (Phi) is 5.80. The van der Waals surface area contributed by atoms with Gasteiger partial charge >= 0.3 is 0 Å². The van der Waals surface area contributed by atoms with Crippen molar-refractivity contribution < 1.29 is 4.74 Å². The van der Waals surface area contributed by atoms with Gasteiger partial charge in [0, 0.05) is 30.2 Å². The maximum atomic E-state index is 5.64. The largest absolute Gasteiger partial charge is 0.399 e. The number of hydrogen-bond acceptors (Lipinski definition) is 5. The first-order valence-corrected chi connectivity index (χ1v) is 7.21. The molecule has 18 heavy (non-hydrogen) atoms. The minimum atomic E-state index is 0.812. The van der Waals surface area contributed by atoms with Gasteiger partial charge in [-0.2, -0.15) is 0 Å². The molecule has 100 valence electrons. The zero-order chi connectivity index (χ0) is 12.6. The van der Waals surface area contributed by atoms with Gasteiger partial charge in [0.15, 0.2) is 0 Å². The molecule has 0 radical (unpaired) electrons. The van der Waals surface area contributed by atoms with Gasteiger partial charge in [0.25, 0.3) is 0 Å². The number of benzene rings is 1. The molecular formula is C13H21N3OS. The Bertz CT molecular complexity index is 339. The fraction of sp³-hybridized carbons (Fsp3) is 0.538. The van der Waals surface area contributed by atoms with Crippen molar-refractivity contribution in [2.45, 2.75) is 11.3 Å². The summed E-state index contributed by atoms with van der Waals surface area (Å²) in [7, 11) is 0. The number of anilines is 1. The van der Waals surface area contributed by atoms with Crippen molar-refractivity contribution in [3.63, 3.8) is 0 Å². The molecule has 2 rings (SSSR count). The smallest absolute Gasteiger partial charge is 0.0594 e. The van der Waals surface area contributed by atoms with Crippen molar-refractivity contribution in [3.05, 3.63) is 24.3 Å². The zero-order valence-corrected chi connectivity index (χ0v) is 11.4. The van der Waals surface area contributed by atoms with Gasteiger partial charge in [-0.1, -0.05) is 0 Å². The number of ether oxygens (including phenoxy) is 1. The second-order valence-corrected chi connectivity index (χ2v) is 5.34. The second-order valence-electron chi connectivity index (χ2n) is 4.37. The normalized spacial score (nSPS) is 16.9. The third kappa shape index (κ3) is 4.86. The quantitative estimate of drug-likeness (QED) is 0.466. The van der Waals surface area contributed by atoms with E-state index in [1.165, 1.54) is 11.3 Å². The van der Waals surface area contributed by atoms with E-state index >= 15 is 0 Å². The van der Waals surface area contributed by atoms with E-state index in [1.807, 2.05) is 24.3 Å². The lowest BCUT2D eigenvalue weighted by molar-refractivity contribution is 0.0376. The van der Waals surface area contributed by atoms with E-state index in [1.54, 1.807) is 11.9 Å². The molecule has 1 heterocycles. The summed E-state index contributed by atoms with van der Waals surface area (Å²) in [5, 5.41) is 0. The van der Waals surface area contributed by atoms with Gasteiger partial charge < -0.3 is 10.5 Å². The molecule has 1 aliphatic rings. The van der Waals surface area contributed by atoms with Crippen LogP contribution in [0.15, 0.2) is 29.2 Å². The van der Waals surface area contributed by atoms with Crippen LogP contribution in [-0.4, -0.2) is 44.3 Å². The van der Waals surface area contributed by atoms with Crippen LogP contribution in [0.4, 0.5) is 5.69 Å². The summed E-state index contributed by atoms with van der Waals surface area (Å²) in [6, 6.07) is 7.93. The van der Waals surface area contributed by atoms with Crippen LogP contribution < -0.4 is 10.5 Å². The van der Waals surface area contributed by atoms with Crippen LogP contribution in [0.5, 0.6) is 0 Å². The summed E-state index contributed by atoms with van der Waals surface area (Å²) in [5.41, 5.74) is 6.45. The van der Waals surface area contributed by atoms with Crippen LogP contribution in [-0.2, 0) is 4.74 Å². The molecule has 1 aromatic carbocycles. The molecule has 5 heteroatoms. The number of hydrogen-bond donors (Lipinski definition) is 2. The molecule has 1 saturated heterocycles. The van der Waals surface area contributed by atoms with Gasteiger partial charge in [0.2, 0.25) is 0 Å². The Morgan fingerprint density at radius 3 is 2.67 bits per heavy atom. The average molecular weight is 267 g/mol. The molecular weight excluding hydrogens is 246 g/mol. The maximum Gasteiger partial charge on any atom is 0.0594 e. The molecule has 0 atom stereocenters. The lowest BCUT2D eigenvalue weighted by Crippen LogP contribution is -2.37. The minimum Gasteiger partial charge on any atom is -0.399 e. The average Bonchev–Trinajstić information content (AvgIpc) is 2.42. The third-order valence-corrected chi connectivity index (χ3v) is 3.78. The van der Waals surface area contributed by atoms with Crippen LogP contribution in [0.1, 0.15) is 6.42 Å². The molecule has 0 aliphatic carbocycles. The van der Waals surface area contributed by atoms with Crippen molar-refractivity contribution in [3.8, 4) is 0 Å². The van der Waals surface area contributed by atoms with E-state index in [9.17, 15) is 0 Å². The molecule has 0 bridgehead atoms. The highest BCUT2D eigenvalue weighted by atomic mass is 32.2. The number of nitrogen functional groups attached to an aromatic ring is 1. The Balaban J connectivity index is 1.54. The van der Waals surface area contributed by atoms with E-state index in [0.29, 0.717) is 0 Å². The Morgan fingerprint density at radius 2 is 1.94 bits per heavy atom. The predicted octanol–water partition coefficient (Wildman–Crippen LogP) is 1.59. The fourth-order valence-electron chi connectivity index (χ4n) is 1.87. The van der Waals surface area contributed by atoms with Gasteiger partial charge in [-0.3, -0.25) is 9.62 Å². The summed E-state index contributed by atoms with van der Waals surface area (Å²) >= 11 is 1.67. The van der Waals surface area contributed by atoms with Crippen molar-refractivity contribution >= 4 is 17.6 Å². The number of nitrogens with two attached hydrogens (primary N) is 1. The highest BCUT2D eigenvalue weighted by Crippen LogP contribution is 2.15. The van der Waals surface area contributed by atoms with Gasteiger partial charge in [-0.25, -0.2) is 0 Å². The molecule has 0 aromatic heterocycles. The molecule has 1 aromatic rings. The Morgan fingerprint density at radius 1 is 1.22 bits per heavy atom. The van der Waals surface area contributed by atoms with Crippen LogP contribution in [0, 0.1) is 0 Å². The lowest BCUT2D eigenvalue weighted by Gasteiger charge is -2.26. The van der Waals surface area contributed by atoms with Crippen LogP contribution in [0.2, 0.25) is 0 Å². The first-order chi connectivity index (χ1) is 8.84. The van der Waals surface area contributed by atoms with Gasteiger partial charge in [0.05, 0.1) is 13.2 Å². The molecule has 1 fully saturated rings. The molecule has 0 unspecified atom stereocenters. The summed E-state index contributed by atoms with van der Waals surface area (Å²) in [6.07, 6.45) is 1.17. The van der Waals surface area contributed by atoms with Crippen molar-refractivity contribution in [2.75, 3.05) is 45.1 Å². The summed E-state index contributed by atoms with van der Waals surface area (Å²) < 4.78 is 8.70. The lowest BCUT2D eigenvalue weighted by atomic mass is 10.3. The molecule has 0 amide bonds. The topological polar surface area (TPSA) is 50.5 Å². The van der Waals surface area contributed by atoms with E-state index in [4.69, 9.17) is 10.5 Å². The molecule has 4 nitrogen and oxygen atoms in total. The Hall–Kier alpha value is -0.750.